The average molecular weight is 233 g/mol. The van der Waals surface area contributed by atoms with Crippen molar-refractivity contribution in [1.29, 1.82) is 0 Å². The highest BCUT2D eigenvalue weighted by Gasteiger charge is 2.33. The zero-order valence-corrected chi connectivity index (χ0v) is 8.54. The lowest BCUT2D eigenvalue weighted by Gasteiger charge is -2.12. The molecule has 0 atom stereocenters. The number of aldehydes is 1. The first-order valence-electron chi connectivity index (χ1n) is 4.52. The van der Waals surface area contributed by atoms with E-state index < -0.39 is 11.7 Å². The van der Waals surface area contributed by atoms with Gasteiger partial charge < -0.3 is 9.53 Å². The number of ether oxygens (including phenoxy) is 1. The Bertz CT molecular complexity index is 377. The number of rotatable bonds is 4. The summed E-state index contributed by atoms with van der Waals surface area (Å²) in [4.78, 5) is 13.8. The maximum Gasteiger partial charge on any atom is 0.416 e. The second-order valence-corrected chi connectivity index (χ2v) is 3.09. The van der Waals surface area contributed by atoms with Gasteiger partial charge in [-0.05, 0) is 12.0 Å². The topological polar surface area (TPSA) is 39.2 Å². The molecule has 1 aromatic heterocycles. The van der Waals surface area contributed by atoms with Crippen molar-refractivity contribution in [3.05, 3.63) is 23.4 Å². The molecule has 16 heavy (non-hydrogen) atoms. The quantitative estimate of drug-likeness (QED) is 0.748. The molecular formula is C10H10F3NO2. The van der Waals surface area contributed by atoms with Gasteiger partial charge >= 0.3 is 6.18 Å². The van der Waals surface area contributed by atoms with Gasteiger partial charge in [-0.3, -0.25) is 0 Å². The summed E-state index contributed by atoms with van der Waals surface area (Å²) in [6.07, 6.45) is -2.74. The van der Waals surface area contributed by atoms with E-state index in [1.807, 2.05) is 0 Å². The molecule has 0 bridgehead atoms. The van der Waals surface area contributed by atoms with Crippen LogP contribution in [0.25, 0.3) is 0 Å². The van der Waals surface area contributed by atoms with Crippen molar-refractivity contribution in [3.63, 3.8) is 0 Å². The maximum atomic E-state index is 12.6. The minimum Gasteiger partial charge on any atom is -0.481 e. The van der Waals surface area contributed by atoms with E-state index in [2.05, 4.69) is 9.72 Å². The summed E-state index contributed by atoms with van der Waals surface area (Å²) < 4.78 is 42.5. The molecule has 0 saturated carbocycles. The fourth-order valence-electron chi connectivity index (χ4n) is 1.25. The zero-order chi connectivity index (χ0) is 12.2. The van der Waals surface area contributed by atoms with Crippen LogP contribution in [0.4, 0.5) is 13.2 Å². The molecule has 0 fully saturated rings. The smallest absolute Gasteiger partial charge is 0.416 e. The van der Waals surface area contributed by atoms with E-state index in [-0.39, 0.29) is 24.3 Å². The van der Waals surface area contributed by atoms with Gasteiger partial charge in [0.1, 0.15) is 6.29 Å². The summed E-state index contributed by atoms with van der Waals surface area (Å²) in [6.45, 7) is 0. The number of methoxy groups -OCH3 is 1. The summed E-state index contributed by atoms with van der Waals surface area (Å²) in [5, 5.41) is 0. The van der Waals surface area contributed by atoms with Crippen molar-refractivity contribution >= 4 is 6.29 Å². The molecule has 88 valence electrons. The van der Waals surface area contributed by atoms with Crippen molar-refractivity contribution in [2.24, 2.45) is 0 Å². The first kappa shape index (κ1) is 12.5. The number of carbonyl (C=O) groups excluding carboxylic acids is 1. The van der Waals surface area contributed by atoms with Crippen molar-refractivity contribution in [3.8, 4) is 5.88 Å². The Morgan fingerprint density at radius 3 is 2.69 bits per heavy atom. The number of nitrogens with zero attached hydrogens (tertiary/aromatic N) is 1. The van der Waals surface area contributed by atoms with E-state index in [4.69, 9.17) is 0 Å². The molecule has 0 unspecified atom stereocenters. The van der Waals surface area contributed by atoms with E-state index in [9.17, 15) is 18.0 Å². The van der Waals surface area contributed by atoms with Crippen molar-refractivity contribution in [2.75, 3.05) is 7.11 Å². The van der Waals surface area contributed by atoms with Crippen LogP contribution in [0.1, 0.15) is 17.5 Å². The van der Waals surface area contributed by atoms with Crippen LogP contribution in [0.2, 0.25) is 0 Å². The third-order valence-corrected chi connectivity index (χ3v) is 2.01. The lowest BCUT2D eigenvalue weighted by molar-refractivity contribution is -0.138. The normalized spacial score (nSPS) is 11.2. The second kappa shape index (κ2) is 4.96. The Morgan fingerprint density at radius 1 is 1.50 bits per heavy atom. The minimum absolute atomic E-state index is 0.000370. The van der Waals surface area contributed by atoms with Crippen LogP contribution in [0.5, 0.6) is 5.88 Å². The third-order valence-electron chi connectivity index (χ3n) is 2.01. The van der Waals surface area contributed by atoms with Gasteiger partial charge in [0.15, 0.2) is 0 Å². The van der Waals surface area contributed by atoms with Gasteiger partial charge in [-0.1, -0.05) is 0 Å². The van der Waals surface area contributed by atoms with Crippen molar-refractivity contribution in [2.45, 2.75) is 19.0 Å². The first-order chi connectivity index (χ1) is 7.49. The van der Waals surface area contributed by atoms with E-state index in [0.717, 1.165) is 12.3 Å². The monoisotopic (exact) mass is 233 g/mol. The number of pyridine rings is 1. The van der Waals surface area contributed by atoms with Gasteiger partial charge in [0.05, 0.1) is 12.7 Å². The molecule has 1 rings (SSSR count). The third kappa shape index (κ3) is 2.95. The number of alkyl halides is 3. The van der Waals surface area contributed by atoms with E-state index in [1.165, 1.54) is 7.11 Å². The summed E-state index contributed by atoms with van der Waals surface area (Å²) >= 11 is 0. The van der Waals surface area contributed by atoms with Crippen LogP contribution in [0.3, 0.4) is 0 Å². The van der Waals surface area contributed by atoms with Gasteiger partial charge in [-0.2, -0.15) is 13.2 Å². The Balaban J connectivity index is 3.11. The zero-order valence-electron chi connectivity index (χ0n) is 8.54. The molecule has 1 aromatic rings. The van der Waals surface area contributed by atoms with E-state index >= 15 is 0 Å². The van der Waals surface area contributed by atoms with Crippen molar-refractivity contribution in [1.82, 2.24) is 4.98 Å². The molecule has 0 N–H and O–H groups in total. The molecule has 0 aliphatic carbocycles. The average Bonchev–Trinajstić information content (AvgIpc) is 2.25. The molecule has 0 saturated heterocycles. The SMILES string of the molecule is COc1cc(C(F)(F)F)c(CCC=O)cn1. The van der Waals surface area contributed by atoms with Crippen LogP contribution in [-0.2, 0) is 17.4 Å². The van der Waals surface area contributed by atoms with E-state index in [0.29, 0.717) is 6.29 Å². The van der Waals surface area contributed by atoms with Gasteiger partial charge in [0, 0.05) is 18.7 Å². The summed E-state index contributed by atoms with van der Waals surface area (Å²) in [6, 6.07) is 0.833. The minimum atomic E-state index is -4.46. The lowest BCUT2D eigenvalue weighted by Crippen LogP contribution is -2.10. The second-order valence-electron chi connectivity index (χ2n) is 3.09. The Kier molecular flexibility index (Phi) is 3.87. The number of carbonyl (C=O) groups is 1. The molecule has 0 aliphatic heterocycles. The standard InChI is InChI=1S/C10H10F3NO2/c1-16-9-5-8(10(11,12)13)7(6-14-9)3-2-4-15/h4-6H,2-3H2,1H3. The van der Waals surface area contributed by atoms with Crippen LogP contribution in [0, 0.1) is 0 Å². The Morgan fingerprint density at radius 2 is 2.19 bits per heavy atom. The predicted molar refractivity (Wildman–Crippen MR) is 50.2 cm³/mol. The Hall–Kier alpha value is -1.59. The van der Waals surface area contributed by atoms with Crippen LogP contribution in [0.15, 0.2) is 12.3 Å². The largest absolute Gasteiger partial charge is 0.481 e. The molecule has 0 aromatic carbocycles. The van der Waals surface area contributed by atoms with Gasteiger partial charge in [0.25, 0.3) is 0 Å². The molecular weight excluding hydrogens is 223 g/mol. The van der Waals surface area contributed by atoms with Gasteiger partial charge in [-0.25, -0.2) is 4.98 Å². The first-order valence-corrected chi connectivity index (χ1v) is 4.52. The summed E-state index contributed by atoms with van der Waals surface area (Å²) in [5.74, 6) is -0.0952. The highest BCUT2D eigenvalue weighted by atomic mass is 19.4. The number of hydrogen-bond donors (Lipinski definition) is 0. The van der Waals surface area contributed by atoms with Crippen LogP contribution in [-0.4, -0.2) is 18.4 Å². The fourth-order valence-corrected chi connectivity index (χ4v) is 1.25. The Labute approximate surface area is 90.2 Å². The predicted octanol–water partition coefficient (Wildman–Crippen LogP) is 2.24. The highest BCUT2D eigenvalue weighted by Crippen LogP contribution is 2.33. The van der Waals surface area contributed by atoms with Crippen molar-refractivity contribution < 1.29 is 22.7 Å². The molecule has 3 nitrogen and oxygen atoms in total. The molecule has 0 radical (unpaired) electrons. The molecule has 0 aliphatic rings. The van der Waals surface area contributed by atoms with Gasteiger partial charge in [-0.15, -0.1) is 0 Å². The molecule has 6 heteroatoms. The lowest BCUT2D eigenvalue weighted by atomic mass is 10.1. The summed E-state index contributed by atoms with van der Waals surface area (Å²) in [5.41, 5.74) is -0.804. The highest BCUT2D eigenvalue weighted by molar-refractivity contribution is 5.50. The van der Waals surface area contributed by atoms with Gasteiger partial charge in [0.2, 0.25) is 5.88 Å². The van der Waals surface area contributed by atoms with Crippen LogP contribution >= 0.6 is 0 Å². The van der Waals surface area contributed by atoms with E-state index in [1.54, 1.807) is 0 Å². The molecule has 1 heterocycles. The number of hydrogen-bond acceptors (Lipinski definition) is 3. The number of halogens is 3. The maximum absolute atomic E-state index is 12.6. The fraction of sp³-hybridized carbons (Fsp3) is 0.400. The summed E-state index contributed by atoms with van der Waals surface area (Å²) in [7, 11) is 1.24. The number of aryl methyl sites for hydroxylation is 1. The van der Waals surface area contributed by atoms with Crippen LogP contribution < -0.4 is 4.74 Å². The molecule has 0 spiro atoms. The molecule has 0 amide bonds. The number of aromatic nitrogens is 1.